The van der Waals surface area contributed by atoms with Gasteiger partial charge in [-0.2, -0.15) is 0 Å². The minimum atomic E-state index is 0.937. The van der Waals surface area contributed by atoms with E-state index in [0.29, 0.717) is 0 Å². The molecule has 0 aliphatic rings. The van der Waals surface area contributed by atoms with Crippen LogP contribution in [0.1, 0.15) is 18.1 Å². The molecule has 1 rings (SSSR count). The van der Waals surface area contributed by atoms with Gasteiger partial charge in [-0.05, 0) is 29.2 Å². The molecule has 1 heteroatoms. The molecule has 0 radical (unpaired) electrons. The summed E-state index contributed by atoms with van der Waals surface area (Å²) >= 11 is 0. The third kappa shape index (κ3) is 2.51. The molecule has 0 aliphatic heterocycles. The Bertz CT molecular complexity index is 390. The normalized spacial score (nSPS) is 12.3. The first-order valence-corrected chi connectivity index (χ1v) is 5.20. The summed E-state index contributed by atoms with van der Waals surface area (Å²) in [4.78, 5) is 0. The van der Waals surface area contributed by atoms with Crippen molar-refractivity contribution in [1.82, 2.24) is 0 Å². The molecule has 0 saturated heterocycles. The van der Waals surface area contributed by atoms with Crippen LogP contribution in [0.3, 0.4) is 0 Å². The number of hydrogen-bond donors (Lipinski definition) is 1. The summed E-state index contributed by atoms with van der Waals surface area (Å²) in [6, 6.07) is 8.17. The molecule has 0 fully saturated rings. The van der Waals surface area contributed by atoms with Crippen molar-refractivity contribution >= 4 is 11.1 Å². The zero-order valence-corrected chi connectivity index (χ0v) is 9.61. The molecule has 1 nitrogen and oxygen atoms in total. The zero-order chi connectivity index (χ0) is 12.0. The Balaban J connectivity index is 3.08. The van der Waals surface area contributed by atoms with E-state index in [-0.39, 0.29) is 0 Å². The van der Waals surface area contributed by atoms with Gasteiger partial charge in [0.15, 0.2) is 0 Å². The molecule has 0 heterocycles. The smallest absolute Gasteiger partial charge is 0.00173 e. The van der Waals surface area contributed by atoms with E-state index in [4.69, 9.17) is 5.73 Å². The monoisotopic (exact) mass is 211 g/mol. The summed E-state index contributed by atoms with van der Waals surface area (Å²) in [6.07, 6.45) is 7.20. The second kappa shape index (κ2) is 5.76. The lowest BCUT2D eigenvalue weighted by molar-refractivity contribution is 1.53. The van der Waals surface area contributed by atoms with Gasteiger partial charge in [-0.3, -0.25) is 0 Å². The highest BCUT2D eigenvalue weighted by atomic mass is 14.5. The minimum absolute atomic E-state index is 0.937. The SMILES string of the molecule is C=C/C(=C\C)c1ccc(/C(C=C)=C/N)cc1. The second-order valence-electron chi connectivity index (χ2n) is 3.35. The maximum atomic E-state index is 5.50. The number of hydrogen-bond acceptors (Lipinski definition) is 1. The van der Waals surface area contributed by atoms with Gasteiger partial charge in [0.1, 0.15) is 0 Å². The predicted molar refractivity (Wildman–Crippen MR) is 72.7 cm³/mol. The number of nitrogens with two attached hydrogens (primary N) is 1. The highest BCUT2D eigenvalue weighted by Crippen LogP contribution is 2.20. The van der Waals surface area contributed by atoms with E-state index in [2.05, 4.69) is 25.3 Å². The van der Waals surface area contributed by atoms with Crippen LogP contribution < -0.4 is 5.73 Å². The van der Waals surface area contributed by atoms with Crippen LogP contribution >= 0.6 is 0 Å². The van der Waals surface area contributed by atoms with Crippen molar-refractivity contribution in [3.05, 3.63) is 73.0 Å². The first-order valence-electron chi connectivity index (χ1n) is 5.20. The molecule has 1 aromatic carbocycles. The molecule has 2 N–H and O–H groups in total. The topological polar surface area (TPSA) is 26.0 Å². The molecular weight excluding hydrogens is 194 g/mol. The fourth-order valence-corrected chi connectivity index (χ4v) is 1.54. The van der Waals surface area contributed by atoms with Crippen molar-refractivity contribution in [2.75, 3.05) is 0 Å². The summed E-state index contributed by atoms with van der Waals surface area (Å²) < 4.78 is 0. The van der Waals surface area contributed by atoms with E-state index >= 15 is 0 Å². The third-order valence-corrected chi connectivity index (χ3v) is 2.48. The van der Waals surface area contributed by atoms with Crippen LogP contribution in [0.4, 0.5) is 0 Å². The van der Waals surface area contributed by atoms with Crippen molar-refractivity contribution in [3.63, 3.8) is 0 Å². The summed E-state index contributed by atoms with van der Waals surface area (Å²) in [5.74, 6) is 0. The summed E-state index contributed by atoms with van der Waals surface area (Å²) in [5.41, 5.74) is 9.79. The van der Waals surface area contributed by atoms with Crippen LogP contribution in [0.2, 0.25) is 0 Å². The Kier molecular flexibility index (Phi) is 4.34. The molecule has 16 heavy (non-hydrogen) atoms. The number of allylic oxidation sites excluding steroid dienone is 5. The van der Waals surface area contributed by atoms with Gasteiger partial charge in [-0.25, -0.2) is 0 Å². The van der Waals surface area contributed by atoms with E-state index in [1.54, 1.807) is 12.3 Å². The molecule has 0 amide bonds. The average molecular weight is 211 g/mol. The quantitative estimate of drug-likeness (QED) is 0.754. The zero-order valence-electron chi connectivity index (χ0n) is 9.61. The molecule has 82 valence electrons. The largest absolute Gasteiger partial charge is 0.404 e. The first kappa shape index (κ1) is 12.1. The van der Waals surface area contributed by atoms with E-state index in [1.807, 2.05) is 31.2 Å². The second-order valence-corrected chi connectivity index (χ2v) is 3.35. The highest BCUT2D eigenvalue weighted by molar-refractivity contribution is 5.77. The molecular formula is C15H17N. The lowest BCUT2D eigenvalue weighted by atomic mass is 10.0. The summed E-state index contributed by atoms with van der Waals surface area (Å²) in [6.45, 7) is 9.50. The average Bonchev–Trinajstić information content (AvgIpc) is 2.34. The lowest BCUT2D eigenvalue weighted by Gasteiger charge is -2.05. The van der Waals surface area contributed by atoms with Crippen LogP contribution in [-0.2, 0) is 0 Å². The van der Waals surface area contributed by atoms with Crippen molar-refractivity contribution < 1.29 is 0 Å². The maximum absolute atomic E-state index is 5.50. The number of rotatable bonds is 4. The van der Waals surface area contributed by atoms with Crippen molar-refractivity contribution in [1.29, 1.82) is 0 Å². The fraction of sp³-hybridized carbons (Fsp3) is 0.0667. The van der Waals surface area contributed by atoms with Crippen LogP contribution in [0.5, 0.6) is 0 Å². The first-order chi connectivity index (χ1) is 7.76. The van der Waals surface area contributed by atoms with E-state index in [9.17, 15) is 0 Å². The van der Waals surface area contributed by atoms with Gasteiger partial charge in [-0.15, -0.1) is 0 Å². The van der Waals surface area contributed by atoms with Gasteiger partial charge in [0.2, 0.25) is 0 Å². The predicted octanol–water partition coefficient (Wildman–Crippen LogP) is 3.76. The van der Waals surface area contributed by atoms with E-state index in [0.717, 1.165) is 22.3 Å². The molecule has 1 aromatic rings. The van der Waals surface area contributed by atoms with Gasteiger partial charge in [-0.1, -0.05) is 55.7 Å². The Morgan fingerprint density at radius 3 is 1.75 bits per heavy atom. The molecule has 0 atom stereocenters. The van der Waals surface area contributed by atoms with Gasteiger partial charge in [0.25, 0.3) is 0 Å². The Hall–Kier alpha value is -2.02. The fourth-order valence-electron chi connectivity index (χ4n) is 1.54. The molecule has 0 spiro atoms. The van der Waals surface area contributed by atoms with Crippen LogP contribution in [0.15, 0.2) is 61.9 Å². The molecule has 0 bridgehead atoms. The molecule has 0 aliphatic carbocycles. The Labute approximate surface area is 97.3 Å². The Morgan fingerprint density at radius 2 is 1.44 bits per heavy atom. The molecule has 0 aromatic heterocycles. The molecule has 0 unspecified atom stereocenters. The van der Waals surface area contributed by atoms with Crippen molar-refractivity contribution in [3.8, 4) is 0 Å². The van der Waals surface area contributed by atoms with Crippen molar-refractivity contribution in [2.24, 2.45) is 5.73 Å². The van der Waals surface area contributed by atoms with Crippen LogP contribution in [0.25, 0.3) is 11.1 Å². The van der Waals surface area contributed by atoms with Crippen LogP contribution in [-0.4, -0.2) is 0 Å². The van der Waals surface area contributed by atoms with Gasteiger partial charge in [0.05, 0.1) is 0 Å². The maximum Gasteiger partial charge on any atom is 0.00173 e. The highest BCUT2D eigenvalue weighted by Gasteiger charge is 1.99. The standard InChI is InChI=1S/C15H17N/c1-4-12(5-2)14-7-9-15(10-8-14)13(6-3)11-16/h4-11H,1,3,16H2,2H3/b12-5+,13-11+. The van der Waals surface area contributed by atoms with Gasteiger partial charge >= 0.3 is 0 Å². The third-order valence-electron chi connectivity index (χ3n) is 2.48. The van der Waals surface area contributed by atoms with E-state index < -0.39 is 0 Å². The number of benzene rings is 1. The van der Waals surface area contributed by atoms with E-state index in [1.165, 1.54) is 0 Å². The van der Waals surface area contributed by atoms with Gasteiger partial charge < -0.3 is 5.73 Å². The van der Waals surface area contributed by atoms with Gasteiger partial charge in [0, 0.05) is 6.20 Å². The lowest BCUT2D eigenvalue weighted by Crippen LogP contribution is -1.87. The van der Waals surface area contributed by atoms with Crippen LogP contribution in [0, 0.1) is 0 Å². The summed E-state index contributed by atoms with van der Waals surface area (Å²) in [5, 5.41) is 0. The van der Waals surface area contributed by atoms with Crippen molar-refractivity contribution in [2.45, 2.75) is 6.92 Å². The minimum Gasteiger partial charge on any atom is -0.404 e. The summed E-state index contributed by atoms with van der Waals surface area (Å²) in [7, 11) is 0. The molecule has 0 saturated carbocycles. The Morgan fingerprint density at radius 1 is 1.00 bits per heavy atom.